The summed E-state index contributed by atoms with van der Waals surface area (Å²) < 4.78 is 10.6. The number of nitrogens with zero attached hydrogens (tertiary/aromatic N) is 1. The maximum Gasteiger partial charge on any atom is 0.160 e. The van der Waals surface area contributed by atoms with Crippen LogP contribution >= 0.6 is 11.3 Å². The van der Waals surface area contributed by atoms with E-state index >= 15 is 0 Å². The van der Waals surface area contributed by atoms with E-state index in [1.807, 2.05) is 18.2 Å². The fourth-order valence-corrected chi connectivity index (χ4v) is 3.49. The van der Waals surface area contributed by atoms with E-state index in [2.05, 4.69) is 0 Å². The van der Waals surface area contributed by atoms with E-state index in [4.69, 9.17) is 14.5 Å². The molecular weight excluding hydrogens is 286 g/mol. The van der Waals surface area contributed by atoms with Gasteiger partial charge in [-0.05, 0) is 30.5 Å². The van der Waals surface area contributed by atoms with Crippen molar-refractivity contribution in [3.8, 4) is 11.5 Å². The van der Waals surface area contributed by atoms with Crippen LogP contribution in [0.15, 0.2) is 18.2 Å². The molecule has 2 aromatic rings. The highest BCUT2D eigenvalue weighted by molar-refractivity contribution is 7.11. The minimum Gasteiger partial charge on any atom is -0.493 e. The van der Waals surface area contributed by atoms with Crippen LogP contribution in [0, 0.1) is 0 Å². The fraction of sp³-hybridized carbons (Fsp3) is 0.438. The molecule has 0 bridgehead atoms. The van der Waals surface area contributed by atoms with Crippen LogP contribution in [0.25, 0.3) is 0 Å². The first kappa shape index (κ1) is 14.4. The number of hydrogen-bond donors (Lipinski definition) is 1. The van der Waals surface area contributed by atoms with E-state index in [1.165, 1.54) is 12.8 Å². The second-order valence-corrected chi connectivity index (χ2v) is 6.38. The highest BCUT2D eigenvalue weighted by atomic mass is 32.1. The van der Waals surface area contributed by atoms with E-state index in [0.29, 0.717) is 5.92 Å². The Kier molecular flexibility index (Phi) is 4.12. The number of ether oxygens (including phenoxy) is 2. The molecule has 1 aromatic heterocycles. The largest absolute Gasteiger partial charge is 0.493 e. The van der Waals surface area contributed by atoms with Gasteiger partial charge in [0.15, 0.2) is 11.5 Å². The van der Waals surface area contributed by atoms with E-state index in [9.17, 15) is 5.11 Å². The lowest BCUT2D eigenvalue weighted by molar-refractivity contribution is 0.284. The third-order valence-electron chi connectivity index (χ3n) is 3.68. The van der Waals surface area contributed by atoms with Crippen molar-refractivity contribution in [3.05, 3.63) is 39.3 Å². The molecule has 5 heteroatoms. The molecular formula is C16H19NO3S. The summed E-state index contributed by atoms with van der Waals surface area (Å²) in [6.07, 6.45) is 3.16. The molecule has 1 heterocycles. The summed E-state index contributed by atoms with van der Waals surface area (Å²) in [5, 5.41) is 10.5. The average Bonchev–Trinajstić information content (AvgIpc) is 3.28. The number of hydrogen-bond acceptors (Lipinski definition) is 5. The van der Waals surface area contributed by atoms with E-state index in [-0.39, 0.29) is 6.61 Å². The van der Waals surface area contributed by atoms with Crippen LogP contribution in [0.1, 0.15) is 39.9 Å². The van der Waals surface area contributed by atoms with Crippen LogP contribution in [0.3, 0.4) is 0 Å². The van der Waals surface area contributed by atoms with Gasteiger partial charge in [0.1, 0.15) is 0 Å². The molecule has 1 N–H and O–H groups in total. The number of rotatable bonds is 6. The molecule has 0 unspecified atom stereocenters. The van der Waals surface area contributed by atoms with Crippen molar-refractivity contribution in [2.45, 2.75) is 31.8 Å². The molecule has 3 rings (SSSR count). The Morgan fingerprint density at radius 1 is 1.24 bits per heavy atom. The molecule has 112 valence electrons. The lowest BCUT2D eigenvalue weighted by Gasteiger charge is -2.08. The minimum atomic E-state index is 0.0927. The maximum atomic E-state index is 9.46. The first-order valence-corrected chi connectivity index (χ1v) is 7.87. The monoisotopic (exact) mass is 305 g/mol. The van der Waals surface area contributed by atoms with Crippen LogP contribution in [0.4, 0.5) is 0 Å². The molecule has 1 saturated carbocycles. The summed E-state index contributed by atoms with van der Waals surface area (Å²) >= 11 is 1.61. The zero-order chi connectivity index (χ0) is 14.8. The molecule has 0 amide bonds. The van der Waals surface area contributed by atoms with Crippen molar-refractivity contribution in [2.75, 3.05) is 14.2 Å². The van der Waals surface area contributed by atoms with Crippen molar-refractivity contribution < 1.29 is 14.6 Å². The van der Waals surface area contributed by atoms with Gasteiger partial charge in [-0.3, -0.25) is 0 Å². The van der Waals surface area contributed by atoms with Crippen molar-refractivity contribution in [2.24, 2.45) is 0 Å². The molecule has 1 fully saturated rings. The van der Waals surface area contributed by atoms with Crippen molar-refractivity contribution in [1.29, 1.82) is 0 Å². The van der Waals surface area contributed by atoms with Gasteiger partial charge in [-0.1, -0.05) is 6.07 Å². The van der Waals surface area contributed by atoms with Gasteiger partial charge in [-0.15, -0.1) is 11.3 Å². The predicted molar refractivity (Wildman–Crippen MR) is 82.4 cm³/mol. The predicted octanol–water partition coefficient (Wildman–Crippen LogP) is 3.12. The zero-order valence-corrected chi connectivity index (χ0v) is 13.1. The standard InChI is InChI=1S/C16H19NO3S/c1-19-12-6-3-10(7-13(12)20-2)8-15-17-16(11-4-5-11)14(9-18)21-15/h3,6-7,11,18H,4-5,8-9H2,1-2H3. The van der Waals surface area contributed by atoms with E-state index < -0.39 is 0 Å². The summed E-state index contributed by atoms with van der Waals surface area (Å²) in [7, 11) is 3.27. The van der Waals surface area contributed by atoms with E-state index in [0.717, 1.165) is 39.1 Å². The lowest BCUT2D eigenvalue weighted by Crippen LogP contribution is -1.94. The van der Waals surface area contributed by atoms with Gasteiger partial charge in [0.05, 0.1) is 36.4 Å². The van der Waals surface area contributed by atoms with Gasteiger partial charge in [-0.2, -0.15) is 0 Å². The first-order valence-electron chi connectivity index (χ1n) is 7.05. The van der Waals surface area contributed by atoms with Gasteiger partial charge in [-0.25, -0.2) is 4.98 Å². The number of benzene rings is 1. The Labute approximate surface area is 128 Å². The minimum absolute atomic E-state index is 0.0927. The number of aliphatic hydroxyl groups excluding tert-OH is 1. The van der Waals surface area contributed by atoms with Crippen LogP contribution in [0.2, 0.25) is 0 Å². The summed E-state index contributed by atoms with van der Waals surface area (Å²) in [5.41, 5.74) is 2.24. The lowest BCUT2D eigenvalue weighted by atomic mass is 10.1. The zero-order valence-electron chi connectivity index (χ0n) is 12.3. The number of methoxy groups -OCH3 is 2. The maximum absolute atomic E-state index is 9.46. The first-order chi connectivity index (χ1) is 10.2. The highest BCUT2D eigenvalue weighted by Gasteiger charge is 2.29. The van der Waals surface area contributed by atoms with Crippen molar-refractivity contribution in [3.63, 3.8) is 0 Å². The molecule has 21 heavy (non-hydrogen) atoms. The number of aliphatic hydroxyl groups is 1. The van der Waals surface area contributed by atoms with Crippen molar-refractivity contribution in [1.82, 2.24) is 4.98 Å². The molecule has 0 spiro atoms. The quantitative estimate of drug-likeness (QED) is 0.891. The second kappa shape index (κ2) is 6.03. The summed E-state index contributed by atoms with van der Waals surface area (Å²) in [6, 6.07) is 5.92. The van der Waals surface area contributed by atoms with Gasteiger partial charge in [0, 0.05) is 12.3 Å². The summed E-state index contributed by atoms with van der Waals surface area (Å²) in [6.45, 7) is 0.0927. The van der Waals surface area contributed by atoms with Crippen LogP contribution in [-0.2, 0) is 13.0 Å². The van der Waals surface area contributed by atoms with Crippen LogP contribution in [-0.4, -0.2) is 24.3 Å². The molecule has 0 aliphatic heterocycles. The Hall–Kier alpha value is -1.59. The topological polar surface area (TPSA) is 51.6 Å². The summed E-state index contributed by atoms with van der Waals surface area (Å²) in [5.74, 6) is 2.04. The highest BCUT2D eigenvalue weighted by Crippen LogP contribution is 2.43. The molecule has 1 aromatic carbocycles. The molecule has 4 nitrogen and oxygen atoms in total. The number of thiazole rings is 1. The van der Waals surface area contributed by atoms with Crippen molar-refractivity contribution >= 4 is 11.3 Å². The number of aromatic nitrogens is 1. The van der Waals surface area contributed by atoms with Crippen LogP contribution in [0.5, 0.6) is 11.5 Å². The fourth-order valence-electron chi connectivity index (χ4n) is 2.44. The molecule has 0 saturated heterocycles. The molecule has 0 atom stereocenters. The Morgan fingerprint density at radius 3 is 2.62 bits per heavy atom. The third-order valence-corrected chi connectivity index (χ3v) is 4.74. The van der Waals surface area contributed by atoms with Gasteiger partial charge >= 0.3 is 0 Å². The third kappa shape index (κ3) is 3.04. The molecule has 1 aliphatic rings. The molecule has 0 radical (unpaired) electrons. The Balaban J connectivity index is 1.83. The Morgan fingerprint density at radius 2 is 2.00 bits per heavy atom. The average molecular weight is 305 g/mol. The SMILES string of the molecule is COc1ccc(Cc2nc(C3CC3)c(CO)s2)cc1OC. The van der Waals surface area contributed by atoms with Crippen LogP contribution < -0.4 is 9.47 Å². The molecule has 1 aliphatic carbocycles. The normalized spacial score (nSPS) is 14.2. The Bertz CT molecular complexity index is 634. The van der Waals surface area contributed by atoms with Gasteiger partial charge < -0.3 is 14.6 Å². The summed E-state index contributed by atoms with van der Waals surface area (Å²) in [4.78, 5) is 5.74. The van der Waals surface area contributed by atoms with Gasteiger partial charge in [0.2, 0.25) is 0 Å². The van der Waals surface area contributed by atoms with Gasteiger partial charge in [0.25, 0.3) is 0 Å². The smallest absolute Gasteiger partial charge is 0.160 e. The second-order valence-electron chi connectivity index (χ2n) is 5.21. The van der Waals surface area contributed by atoms with E-state index in [1.54, 1.807) is 25.6 Å².